The third-order valence-electron chi connectivity index (χ3n) is 5.14. The standard InChI is InChI=1S/C19H25F3N2O3/c1-14(2)24-12-18(13-26-10-17(24)25)6-7-23(11-18)9-15-4-3-5-16(8-15)27-19(20,21)22/h3-5,8,14H,6-7,9-13H2,1-2H3. The highest BCUT2D eigenvalue weighted by Crippen LogP contribution is 2.35. The Morgan fingerprint density at radius 2 is 2.07 bits per heavy atom. The van der Waals surface area contributed by atoms with Crippen LogP contribution >= 0.6 is 0 Å². The van der Waals surface area contributed by atoms with Crippen molar-refractivity contribution in [1.29, 1.82) is 0 Å². The van der Waals surface area contributed by atoms with Crippen molar-refractivity contribution in [2.45, 2.75) is 39.2 Å². The van der Waals surface area contributed by atoms with Crippen LogP contribution in [0, 0.1) is 5.41 Å². The number of amides is 1. The predicted molar refractivity (Wildman–Crippen MR) is 93.1 cm³/mol. The molecule has 1 atom stereocenters. The Labute approximate surface area is 157 Å². The van der Waals surface area contributed by atoms with Gasteiger partial charge in [-0.2, -0.15) is 0 Å². The van der Waals surface area contributed by atoms with Crippen molar-refractivity contribution in [1.82, 2.24) is 9.80 Å². The van der Waals surface area contributed by atoms with Gasteiger partial charge < -0.3 is 14.4 Å². The maximum Gasteiger partial charge on any atom is 0.573 e. The van der Waals surface area contributed by atoms with Crippen molar-refractivity contribution in [3.63, 3.8) is 0 Å². The molecule has 1 amide bonds. The van der Waals surface area contributed by atoms with Gasteiger partial charge in [0.15, 0.2) is 0 Å². The first-order valence-electron chi connectivity index (χ1n) is 9.10. The minimum Gasteiger partial charge on any atom is -0.406 e. The molecule has 3 rings (SSSR count). The van der Waals surface area contributed by atoms with Gasteiger partial charge in [-0.25, -0.2) is 0 Å². The normalized spacial score (nSPS) is 24.7. The molecule has 0 radical (unpaired) electrons. The topological polar surface area (TPSA) is 42.0 Å². The monoisotopic (exact) mass is 386 g/mol. The minimum atomic E-state index is -4.69. The summed E-state index contributed by atoms with van der Waals surface area (Å²) in [7, 11) is 0. The van der Waals surface area contributed by atoms with Crippen molar-refractivity contribution in [3.05, 3.63) is 29.8 Å². The van der Waals surface area contributed by atoms with Gasteiger partial charge in [0.1, 0.15) is 12.4 Å². The molecule has 0 aromatic heterocycles. The molecule has 8 heteroatoms. The zero-order valence-corrected chi connectivity index (χ0v) is 15.6. The Morgan fingerprint density at radius 3 is 2.78 bits per heavy atom. The zero-order valence-electron chi connectivity index (χ0n) is 15.6. The van der Waals surface area contributed by atoms with Crippen molar-refractivity contribution < 1.29 is 27.4 Å². The first-order valence-corrected chi connectivity index (χ1v) is 9.10. The summed E-state index contributed by atoms with van der Waals surface area (Å²) in [6.45, 7) is 7.36. The molecule has 2 fully saturated rings. The number of benzene rings is 1. The molecule has 2 saturated heterocycles. The van der Waals surface area contributed by atoms with Crippen LogP contribution in [0.15, 0.2) is 24.3 Å². The van der Waals surface area contributed by atoms with Gasteiger partial charge in [-0.15, -0.1) is 13.2 Å². The Morgan fingerprint density at radius 1 is 1.30 bits per heavy atom. The first-order chi connectivity index (χ1) is 12.7. The summed E-state index contributed by atoms with van der Waals surface area (Å²) in [5.41, 5.74) is 0.636. The van der Waals surface area contributed by atoms with E-state index in [1.807, 2.05) is 18.7 Å². The number of halogens is 3. The second-order valence-corrected chi connectivity index (χ2v) is 7.76. The van der Waals surface area contributed by atoms with Crippen LogP contribution in [0.1, 0.15) is 25.8 Å². The fourth-order valence-electron chi connectivity index (χ4n) is 3.91. The van der Waals surface area contributed by atoms with Crippen molar-refractivity contribution in [2.24, 2.45) is 5.41 Å². The number of hydrogen-bond donors (Lipinski definition) is 0. The molecule has 0 saturated carbocycles. The molecule has 1 aromatic rings. The summed E-state index contributed by atoms with van der Waals surface area (Å²) in [5, 5.41) is 0. The lowest BCUT2D eigenvalue weighted by Gasteiger charge is -2.34. The lowest BCUT2D eigenvalue weighted by molar-refractivity contribution is -0.274. The van der Waals surface area contributed by atoms with Gasteiger partial charge in [0.05, 0.1) is 6.61 Å². The van der Waals surface area contributed by atoms with Gasteiger partial charge in [0.2, 0.25) is 5.91 Å². The highest BCUT2D eigenvalue weighted by atomic mass is 19.4. The molecule has 2 aliphatic heterocycles. The van der Waals surface area contributed by atoms with Crippen LogP contribution in [-0.4, -0.2) is 61.0 Å². The Bertz CT molecular complexity index is 680. The fourth-order valence-corrected chi connectivity index (χ4v) is 3.91. The highest BCUT2D eigenvalue weighted by Gasteiger charge is 2.43. The quantitative estimate of drug-likeness (QED) is 0.798. The largest absolute Gasteiger partial charge is 0.573 e. The molecule has 0 N–H and O–H groups in total. The number of carbonyl (C=O) groups excluding carboxylic acids is 1. The Hall–Kier alpha value is -1.80. The SMILES string of the molecule is CC(C)N1CC2(CCN(Cc3cccc(OC(F)(F)F)c3)C2)COCC1=O. The summed E-state index contributed by atoms with van der Waals surface area (Å²) in [6.07, 6.45) is -3.80. The average molecular weight is 386 g/mol. The lowest BCUT2D eigenvalue weighted by Crippen LogP contribution is -2.45. The number of alkyl halides is 3. The molecular weight excluding hydrogens is 361 g/mol. The second kappa shape index (κ2) is 7.67. The molecule has 2 aliphatic rings. The third kappa shape index (κ3) is 5.13. The number of rotatable bonds is 4. The van der Waals surface area contributed by atoms with E-state index in [-0.39, 0.29) is 29.7 Å². The second-order valence-electron chi connectivity index (χ2n) is 7.76. The van der Waals surface area contributed by atoms with E-state index in [9.17, 15) is 18.0 Å². The number of likely N-dealkylation sites (tertiary alicyclic amines) is 1. The van der Waals surface area contributed by atoms with E-state index in [0.717, 1.165) is 25.1 Å². The average Bonchev–Trinajstić information content (AvgIpc) is 2.85. The minimum absolute atomic E-state index is 0.0114. The van der Waals surface area contributed by atoms with E-state index in [4.69, 9.17) is 4.74 Å². The maximum absolute atomic E-state index is 12.4. The van der Waals surface area contributed by atoms with Crippen LogP contribution in [0.3, 0.4) is 0 Å². The van der Waals surface area contributed by atoms with Crippen molar-refractivity contribution in [2.75, 3.05) is 32.8 Å². The molecule has 0 bridgehead atoms. The number of carbonyl (C=O) groups is 1. The summed E-state index contributed by atoms with van der Waals surface area (Å²) < 4.78 is 46.9. The summed E-state index contributed by atoms with van der Waals surface area (Å²) in [6, 6.07) is 6.19. The van der Waals surface area contributed by atoms with Crippen LogP contribution in [0.4, 0.5) is 13.2 Å². The van der Waals surface area contributed by atoms with Crippen LogP contribution < -0.4 is 4.74 Å². The van der Waals surface area contributed by atoms with E-state index >= 15 is 0 Å². The number of ether oxygens (including phenoxy) is 2. The number of nitrogens with zero attached hydrogens (tertiary/aromatic N) is 2. The van der Waals surface area contributed by atoms with Gasteiger partial charge in [0.25, 0.3) is 0 Å². The van der Waals surface area contributed by atoms with Crippen molar-refractivity contribution in [3.8, 4) is 5.75 Å². The smallest absolute Gasteiger partial charge is 0.406 e. The van der Waals surface area contributed by atoms with Gasteiger partial charge in [0, 0.05) is 31.1 Å². The van der Waals surface area contributed by atoms with E-state index in [1.54, 1.807) is 12.1 Å². The molecular formula is C19H25F3N2O3. The van der Waals surface area contributed by atoms with E-state index < -0.39 is 6.36 Å². The van der Waals surface area contributed by atoms with Gasteiger partial charge in [-0.05, 0) is 44.5 Å². The van der Waals surface area contributed by atoms with E-state index in [2.05, 4.69) is 9.64 Å². The fraction of sp³-hybridized carbons (Fsp3) is 0.632. The van der Waals surface area contributed by atoms with Crippen LogP contribution in [0.25, 0.3) is 0 Å². The summed E-state index contributed by atoms with van der Waals surface area (Å²) >= 11 is 0. The van der Waals surface area contributed by atoms with Gasteiger partial charge >= 0.3 is 6.36 Å². The van der Waals surface area contributed by atoms with E-state index in [1.165, 1.54) is 12.1 Å². The van der Waals surface area contributed by atoms with Crippen molar-refractivity contribution >= 4 is 5.91 Å². The van der Waals surface area contributed by atoms with Gasteiger partial charge in [-0.1, -0.05) is 12.1 Å². The Kier molecular flexibility index (Phi) is 5.67. The molecule has 1 aromatic carbocycles. The molecule has 0 aliphatic carbocycles. The molecule has 1 unspecified atom stereocenters. The zero-order chi connectivity index (χ0) is 19.7. The molecule has 27 heavy (non-hydrogen) atoms. The van der Waals surface area contributed by atoms with Crippen LogP contribution in [0.2, 0.25) is 0 Å². The molecule has 2 heterocycles. The third-order valence-corrected chi connectivity index (χ3v) is 5.14. The lowest BCUT2D eigenvalue weighted by atomic mass is 9.87. The van der Waals surface area contributed by atoms with E-state index in [0.29, 0.717) is 19.7 Å². The summed E-state index contributed by atoms with van der Waals surface area (Å²) in [4.78, 5) is 16.3. The molecule has 150 valence electrons. The van der Waals surface area contributed by atoms with Crippen LogP contribution in [-0.2, 0) is 16.1 Å². The van der Waals surface area contributed by atoms with Gasteiger partial charge in [-0.3, -0.25) is 9.69 Å². The highest BCUT2D eigenvalue weighted by molar-refractivity contribution is 5.78. The molecule has 5 nitrogen and oxygen atoms in total. The Balaban J connectivity index is 1.66. The molecule has 1 spiro atoms. The van der Waals surface area contributed by atoms with Crippen LogP contribution in [0.5, 0.6) is 5.75 Å². The summed E-state index contributed by atoms with van der Waals surface area (Å²) in [5.74, 6) is -0.194. The number of hydrogen-bond acceptors (Lipinski definition) is 4. The predicted octanol–water partition coefficient (Wildman–Crippen LogP) is 3.04. The maximum atomic E-state index is 12.4. The first kappa shape index (κ1) is 19.9.